The van der Waals surface area contributed by atoms with Gasteiger partial charge >= 0.3 is 0 Å². The fourth-order valence-electron chi connectivity index (χ4n) is 5.05. The minimum atomic E-state index is -0.837. The summed E-state index contributed by atoms with van der Waals surface area (Å²) in [5, 5.41) is 3.59. The molecule has 3 heterocycles. The Kier molecular flexibility index (Phi) is 5.38. The van der Waals surface area contributed by atoms with E-state index in [1.54, 1.807) is 0 Å². The van der Waals surface area contributed by atoms with Gasteiger partial charge in [0.05, 0.1) is 22.9 Å². The van der Waals surface area contributed by atoms with Gasteiger partial charge in [0.15, 0.2) is 12.4 Å². The van der Waals surface area contributed by atoms with Crippen LogP contribution in [0, 0.1) is 6.92 Å². The molecule has 0 amide bonds. The molecule has 0 bridgehead atoms. The Morgan fingerprint density at radius 3 is 2.39 bits per heavy atom. The molecule has 2 atom stereocenters. The topological polar surface area (TPSA) is 59.8 Å². The molecule has 2 aromatic heterocycles. The van der Waals surface area contributed by atoms with Gasteiger partial charge in [0, 0.05) is 22.9 Å². The van der Waals surface area contributed by atoms with Gasteiger partial charge in [-0.05, 0) is 36.8 Å². The third-order valence-corrected chi connectivity index (χ3v) is 6.76. The zero-order valence-corrected chi connectivity index (χ0v) is 19.7. The number of rotatable bonds is 5. The van der Waals surface area contributed by atoms with Crippen LogP contribution in [0.25, 0.3) is 16.6 Å². The number of ether oxygens (including phenoxy) is 1. The molecule has 3 aromatic carbocycles. The first kappa shape index (κ1) is 21.9. The monoisotopic (exact) mass is 472 g/mol. The highest BCUT2D eigenvalue weighted by molar-refractivity contribution is 6.02. The number of Topliss-reactive ketones (excluding diaryl/α,β-unsaturated/α-hetero) is 1. The second-order valence-corrected chi connectivity index (χ2v) is 9.00. The lowest BCUT2D eigenvalue weighted by molar-refractivity contribution is 0.0746. The number of pyridine rings is 1. The van der Waals surface area contributed by atoms with Crippen LogP contribution in [0.5, 0.6) is 5.75 Å². The standard InChI is InChI=1S/C31H24N2O3/c1-20-14-16-22(17-15-20)30(35)31-29(32-23-11-5-6-13-26(23)36-31)28-24-12-7-8-18-33(24)25(19-34)27(28)21-9-3-2-4-10-21/h2-19,29,31-32H,1H3/t29-,31+/m0/s1. The van der Waals surface area contributed by atoms with E-state index in [1.165, 1.54) is 0 Å². The van der Waals surface area contributed by atoms with Crippen molar-refractivity contribution in [1.29, 1.82) is 0 Å². The van der Waals surface area contributed by atoms with E-state index in [4.69, 9.17) is 4.74 Å². The van der Waals surface area contributed by atoms with Gasteiger partial charge in [-0.2, -0.15) is 0 Å². The molecule has 1 N–H and O–H groups in total. The second-order valence-electron chi connectivity index (χ2n) is 9.00. The quantitative estimate of drug-likeness (QED) is 0.234. The van der Waals surface area contributed by atoms with Crippen molar-refractivity contribution in [3.8, 4) is 16.9 Å². The van der Waals surface area contributed by atoms with Crippen molar-refractivity contribution in [3.05, 3.63) is 126 Å². The van der Waals surface area contributed by atoms with Crippen LogP contribution in [0.2, 0.25) is 0 Å². The summed E-state index contributed by atoms with van der Waals surface area (Å²) in [4.78, 5) is 26.4. The lowest BCUT2D eigenvalue weighted by Gasteiger charge is -2.35. The Balaban J connectivity index is 1.61. The van der Waals surface area contributed by atoms with E-state index in [0.717, 1.165) is 39.7 Å². The minimum absolute atomic E-state index is 0.121. The van der Waals surface area contributed by atoms with E-state index in [0.29, 0.717) is 17.0 Å². The highest BCUT2D eigenvalue weighted by Crippen LogP contribution is 2.44. The number of aromatic nitrogens is 1. The van der Waals surface area contributed by atoms with Crippen molar-refractivity contribution >= 4 is 23.3 Å². The summed E-state index contributed by atoms with van der Waals surface area (Å²) >= 11 is 0. The van der Waals surface area contributed by atoms with Gasteiger partial charge in [-0.1, -0.05) is 78.4 Å². The molecule has 0 spiro atoms. The number of aldehydes is 1. The number of ketones is 1. The molecule has 0 unspecified atom stereocenters. The maximum absolute atomic E-state index is 13.9. The summed E-state index contributed by atoms with van der Waals surface area (Å²) in [6.07, 6.45) is 1.92. The first-order valence-electron chi connectivity index (χ1n) is 11.9. The SMILES string of the molecule is Cc1ccc(C(=O)[C@@H]2Oc3ccccc3N[C@H]2c2c(-c3ccccc3)c(C=O)n3ccccc23)cc1. The van der Waals surface area contributed by atoms with Gasteiger partial charge < -0.3 is 14.5 Å². The van der Waals surface area contributed by atoms with E-state index >= 15 is 0 Å². The Morgan fingerprint density at radius 2 is 1.61 bits per heavy atom. The normalized spacial score (nSPS) is 16.6. The summed E-state index contributed by atoms with van der Waals surface area (Å²) in [5.74, 6) is 0.503. The maximum atomic E-state index is 13.9. The predicted octanol–water partition coefficient (Wildman–Crippen LogP) is 6.52. The molecule has 0 saturated carbocycles. The highest BCUT2D eigenvalue weighted by atomic mass is 16.5. The van der Waals surface area contributed by atoms with Gasteiger partial charge in [-0.15, -0.1) is 0 Å². The van der Waals surface area contributed by atoms with E-state index in [9.17, 15) is 9.59 Å². The molecule has 6 rings (SSSR count). The number of nitrogens with one attached hydrogen (secondary N) is 1. The third kappa shape index (κ3) is 3.57. The fourth-order valence-corrected chi connectivity index (χ4v) is 5.05. The van der Waals surface area contributed by atoms with Crippen LogP contribution in [0.4, 0.5) is 5.69 Å². The van der Waals surface area contributed by atoms with Crippen molar-refractivity contribution in [2.24, 2.45) is 0 Å². The number of hydrogen-bond donors (Lipinski definition) is 1. The van der Waals surface area contributed by atoms with Crippen LogP contribution in [0.1, 0.15) is 38.0 Å². The van der Waals surface area contributed by atoms with Crippen molar-refractivity contribution in [3.63, 3.8) is 0 Å². The number of benzene rings is 3. The Hall–Kier alpha value is -4.64. The van der Waals surface area contributed by atoms with Gasteiger partial charge in [-0.25, -0.2) is 0 Å². The van der Waals surface area contributed by atoms with Crippen molar-refractivity contribution in [2.45, 2.75) is 19.1 Å². The van der Waals surface area contributed by atoms with Gasteiger partial charge in [0.1, 0.15) is 5.75 Å². The first-order chi connectivity index (χ1) is 17.7. The molecule has 0 aliphatic carbocycles. The smallest absolute Gasteiger partial charge is 0.205 e. The van der Waals surface area contributed by atoms with Crippen LogP contribution in [-0.4, -0.2) is 22.6 Å². The molecule has 0 fully saturated rings. The lowest BCUT2D eigenvalue weighted by atomic mass is 9.88. The molecule has 0 radical (unpaired) electrons. The summed E-state index contributed by atoms with van der Waals surface area (Å²) in [6, 6.07) is 30.3. The van der Waals surface area contributed by atoms with E-state index < -0.39 is 12.1 Å². The Labute approximate surface area is 209 Å². The zero-order valence-electron chi connectivity index (χ0n) is 19.7. The van der Waals surface area contributed by atoms with Gasteiger partial charge in [-0.3, -0.25) is 9.59 Å². The Bertz CT molecular complexity index is 1590. The van der Waals surface area contributed by atoms with Crippen LogP contribution in [-0.2, 0) is 0 Å². The van der Waals surface area contributed by atoms with E-state index in [1.807, 2.05) is 115 Å². The summed E-state index contributed by atoms with van der Waals surface area (Å²) < 4.78 is 8.31. The number of fused-ring (bicyclic) bond motifs is 2. The molecule has 5 aromatic rings. The molecular formula is C31H24N2O3. The lowest BCUT2D eigenvalue weighted by Crippen LogP contribution is -2.41. The van der Waals surface area contributed by atoms with Crippen LogP contribution in [0.15, 0.2) is 103 Å². The number of aryl methyl sites for hydroxylation is 1. The predicted molar refractivity (Wildman–Crippen MR) is 141 cm³/mol. The van der Waals surface area contributed by atoms with Crippen molar-refractivity contribution in [1.82, 2.24) is 4.40 Å². The second kappa shape index (κ2) is 8.86. The number of hydrogen-bond acceptors (Lipinski definition) is 4. The Morgan fingerprint density at radius 1 is 0.889 bits per heavy atom. The van der Waals surface area contributed by atoms with E-state index in [2.05, 4.69) is 5.32 Å². The van der Waals surface area contributed by atoms with Gasteiger partial charge in [0.25, 0.3) is 0 Å². The molecule has 0 saturated heterocycles. The highest BCUT2D eigenvalue weighted by Gasteiger charge is 2.40. The largest absolute Gasteiger partial charge is 0.478 e. The summed E-state index contributed by atoms with van der Waals surface area (Å²) in [7, 11) is 0. The average Bonchev–Trinajstić information content (AvgIpc) is 3.27. The third-order valence-electron chi connectivity index (χ3n) is 6.76. The maximum Gasteiger partial charge on any atom is 0.205 e. The van der Waals surface area contributed by atoms with Crippen molar-refractivity contribution in [2.75, 3.05) is 5.32 Å². The number of carbonyl (C=O) groups is 2. The van der Waals surface area contributed by atoms with Crippen molar-refractivity contribution < 1.29 is 14.3 Å². The zero-order chi connectivity index (χ0) is 24.6. The van der Waals surface area contributed by atoms with E-state index in [-0.39, 0.29) is 5.78 Å². The molecule has 36 heavy (non-hydrogen) atoms. The fraction of sp³-hybridized carbons (Fsp3) is 0.0968. The molecule has 1 aliphatic rings. The van der Waals surface area contributed by atoms with Gasteiger partial charge in [0.2, 0.25) is 5.78 Å². The summed E-state index contributed by atoms with van der Waals surface area (Å²) in [6.45, 7) is 1.99. The number of carbonyl (C=O) groups excluding carboxylic acids is 2. The molecule has 5 heteroatoms. The molecule has 5 nitrogen and oxygen atoms in total. The summed E-state index contributed by atoms with van der Waals surface area (Å²) in [5.41, 5.74) is 6.39. The van der Waals surface area contributed by atoms with Crippen LogP contribution < -0.4 is 10.1 Å². The number of para-hydroxylation sites is 2. The average molecular weight is 473 g/mol. The molecule has 176 valence electrons. The van der Waals surface area contributed by atoms with Crippen LogP contribution in [0.3, 0.4) is 0 Å². The minimum Gasteiger partial charge on any atom is -0.478 e. The number of nitrogens with zero attached hydrogens (tertiary/aromatic N) is 1. The molecule has 1 aliphatic heterocycles. The number of anilines is 1. The van der Waals surface area contributed by atoms with Crippen LogP contribution >= 0.6 is 0 Å². The first-order valence-corrected chi connectivity index (χ1v) is 11.9. The molecular weight excluding hydrogens is 448 g/mol.